The molecule has 0 spiro atoms. The Balaban J connectivity index is 1.81. The van der Waals surface area contributed by atoms with E-state index in [4.69, 9.17) is 9.47 Å². The standard InChI is InChI=1S/C16H24N3O4P/c1-14-2-4-15(5-3-14)16(20)17-24(21,18-6-10-22-11-7-18)19-8-12-23-13-9-19/h2-5H,6-13H2,1H3,(H,17,20,21). The summed E-state index contributed by atoms with van der Waals surface area (Å²) in [7, 11) is -3.20. The number of rotatable bonds is 4. The van der Waals surface area contributed by atoms with Crippen molar-refractivity contribution >= 4 is 13.5 Å². The maximum absolute atomic E-state index is 13.8. The lowest BCUT2D eigenvalue weighted by atomic mass is 10.1. The van der Waals surface area contributed by atoms with E-state index in [-0.39, 0.29) is 5.91 Å². The molecule has 2 fully saturated rings. The average Bonchev–Trinajstić information content (AvgIpc) is 2.63. The smallest absolute Gasteiger partial charge is 0.311 e. The number of benzene rings is 1. The van der Waals surface area contributed by atoms with Gasteiger partial charge in [0.1, 0.15) is 0 Å². The van der Waals surface area contributed by atoms with Crippen LogP contribution in [0.3, 0.4) is 0 Å². The van der Waals surface area contributed by atoms with E-state index in [0.717, 1.165) is 5.56 Å². The molecule has 2 aliphatic rings. The third-order valence-corrected chi connectivity index (χ3v) is 7.13. The normalized spacial score (nSPS) is 20.7. The average molecular weight is 353 g/mol. The minimum Gasteiger partial charge on any atom is -0.379 e. The van der Waals surface area contributed by atoms with Crippen LogP contribution in [0, 0.1) is 6.92 Å². The number of hydrogen-bond donors (Lipinski definition) is 1. The number of nitrogens with one attached hydrogen (secondary N) is 1. The van der Waals surface area contributed by atoms with Crippen molar-refractivity contribution in [3.05, 3.63) is 35.4 Å². The fourth-order valence-corrected chi connectivity index (χ4v) is 5.32. The number of hydrogen-bond acceptors (Lipinski definition) is 4. The molecule has 24 heavy (non-hydrogen) atoms. The van der Waals surface area contributed by atoms with E-state index >= 15 is 0 Å². The minimum atomic E-state index is -3.20. The first-order chi connectivity index (χ1) is 11.6. The van der Waals surface area contributed by atoms with Crippen LogP contribution in [0.5, 0.6) is 0 Å². The number of aryl methyl sites for hydroxylation is 1. The highest BCUT2D eigenvalue weighted by atomic mass is 31.2. The topological polar surface area (TPSA) is 71.1 Å². The molecule has 132 valence electrons. The van der Waals surface area contributed by atoms with Gasteiger partial charge in [-0.05, 0) is 19.1 Å². The predicted molar refractivity (Wildman–Crippen MR) is 91.0 cm³/mol. The Bertz CT molecular complexity index is 588. The Morgan fingerprint density at radius 2 is 1.42 bits per heavy atom. The Kier molecular flexibility index (Phi) is 5.69. The summed E-state index contributed by atoms with van der Waals surface area (Å²) in [5, 5.41) is 2.83. The van der Waals surface area contributed by atoms with E-state index in [0.29, 0.717) is 58.2 Å². The summed E-state index contributed by atoms with van der Waals surface area (Å²) in [5.41, 5.74) is 1.60. The maximum Gasteiger partial charge on any atom is 0.311 e. The van der Waals surface area contributed by atoms with Crippen molar-refractivity contribution in [3.63, 3.8) is 0 Å². The first kappa shape index (κ1) is 17.6. The second kappa shape index (κ2) is 7.76. The van der Waals surface area contributed by atoms with E-state index in [1.807, 2.05) is 28.4 Å². The number of carbonyl (C=O) groups is 1. The van der Waals surface area contributed by atoms with E-state index in [9.17, 15) is 9.36 Å². The minimum absolute atomic E-state index is 0.309. The molecule has 2 aliphatic heterocycles. The van der Waals surface area contributed by atoms with E-state index < -0.39 is 7.59 Å². The number of ether oxygens (including phenoxy) is 2. The highest BCUT2D eigenvalue weighted by Gasteiger charge is 2.40. The van der Waals surface area contributed by atoms with Gasteiger partial charge < -0.3 is 9.47 Å². The summed E-state index contributed by atoms with van der Waals surface area (Å²) in [5.74, 6) is -0.309. The molecule has 1 amide bonds. The van der Waals surface area contributed by atoms with Crippen LogP contribution in [-0.4, -0.2) is 67.9 Å². The van der Waals surface area contributed by atoms with E-state index in [2.05, 4.69) is 5.09 Å². The lowest BCUT2D eigenvalue weighted by Gasteiger charge is -2.41. The molecule has 0 aliphatic carbocycles. The third kappa shape index (κ3) is 3.87. The second-order valence-electron chi connectivity index (χ2n) is 5.98. The van der Waals surface area contributed by atoms with Gasteiger partial charge in [0.05, 0.1) is 26.4 Å². The quantitative estimate of drug-likeness (QED) is 0.827. The zero-order valence-electron chi connectivity index (χ0n) is 13.9. The lowest BCUT2D eigenvalue weighted by molar-refractivity contribution is 0.0505. The first-order valence-corrected chi connectivity index (χ1v) is 9.86. The summed E-state index contributed by atoms with van der Waals surface area (Å²) in [6.07, 6.45) is 0. The Labute approximate surface area is 142 Å². The molecule has 7 nitrogen and oxygen atoms in total. The van der Waals surface area contributed by atoms with Crippen molar-refractivity contribution in [1.29, 1.82) is 0 Å². The fourth-order valence-electron chi connectivity index (χ4n) is 2.87. The summed E-state index contributed by atoms with van der Waals surface area (Å²) >= 11 is 0. The van der Waals surface area contributed by atoms with Crippen LogP contribution in [0.15, 0.2) is 24.3 Å². The van der Waals surface area contributed by atoms with Gasteiger partial charge in [-0.2, -0.15) is 0 Å². The zero-order chi connectivity index (χ0) is 17.0. The number of carbonyl (C=O) groups excluding carboxylic acids is 1. The van der Waals surface area contributed by atoms with Crippen LogP contribution in [0.25, 0.3) is 0 Å². The maximum atomic E-state index is 13.8. The molecule has 2 saturated heterocycles. The molecule has 1 aromatic rings. The van der Waals surface area contributed by atoms with Crippen molar-refractivity contribution in [3.8, 4) is 0 Å². The highest BCUT2D eigenvalue weighted by Crippen LogP contribution is 2.50. The second-order valence-corrected chi connectivity index (χ2v) is 8.43. The number of nitrogens with zero attached hydrogens (tertiary/aromatic N) is 2. The third-order valence-electron chi connectivity index (χ3n) is 4.30. The van der Waals surface area contributed by atoms with Gasteiger partial charge in [-0.15, -0.1) is 0 Å². The molecule has 0 saturated carbocycles. The Morgan fingerprint density at radius 1 is 0.958 bits per heavy atom. The molecule has 0 aromatic heterocycles. The molecule has 0 atom stereocenters. The predicted octanol–water partition coefficient (Wildman–Crippen LogP) is 1.50. The van der Waals surface area contributed by atoms with Gasteiger partial charge >= 0.3 is 7.59 Å². The molecule has 3 rings (SSSR count). The van der Waals surface area contributed by atoms with Crippen LogP contribution >= 0.6 is 7.59 Å². The largest absolute Gasteiger partial charge is 0.379 e. The zero-order valence-corrected chi connectivity index (χ0v) is 14.8. The molecule has 0 unspecified atom stereocenters. The molecule has 1 aromatic carbocycles. The number of amides is 1. The van der Waals surface area contributed by atoms with Crippen molar-refractivity contribution in [1.82, 2.24) is 14.4 Å². The molecular weight excluding hydrogens is 329 g/mol. The molecule has 1 N–H and O–H groups in total. The molecule has 0 bridgehead atoms. The fraction of sp³-hybridized carbons (Fsp3) is 0.562. The van der Waals surface area contributed by atoms with Crippen molar-refractivity contribution in [2.45, 2.75) is 6.92 Å². The Morgan fingerprint density at radius 3 is 1.88 bits per heavy atom. The van der Waals surface area contributed by atoms with E-state index in [1.54, 1.807) is 12.1 Å². The van der Waals surface area contributed by atoms with Gasteiger partial charge in [-0.25, -0.2) is 9.34 Å². The molecular formula is C16H24N3O4P. The number of morpholine rings is 2. The summed E-state index contributed by atoms with van der Waals surface area (Å²) < 4.78 is 28.2. The molecule has 2 heterocycles. The van der Waals surface area contributed by atoms with Crippen LogP contribution in [-0.2, 0) is 14.0 Å². The van der Waals surface area contributed by atoms with Crippen LogP contribution in [0.2, 0.25) is 0 Å². The van der Waals surface area contributed by atoms with Crippen molar-refractivity contribution < 1.29 is 18.8 Å². The van der Waals surface area contributed by atoms with E-state index in [1.165, 1.54) is 0 Å². The van der Waals surface area contributed by atoms with Gasteiger partial charge in [0, 0.05) is 31.7 Å². The Hall–Kier alpha value is -1.24. The van der Waals surface area contributed by atoms with Crippen LogP contribution < -0.4 is 5.09 Å². The van der Waals surface area contributed by atoms with Crippen molar-refractivity contribution in [2.75, 3.05) is 52.6 Å². The van der Waals surface area contributed by atoms with Crippen molar-refractivity contribution in [2.24, 2.45) is 0 Å². The highest BCUT2D eigenvalue weighted by molar-refractivity contribution is 7.57. The lowest BCUT2D eigenvalue weighted by Crippen LogP contribution is -2.48. The van der Waals surface area contributed by atoms with Gasteiger partial charge in [-0.3, -0.25) is 14.4 Å². The summed E-state index contributed by atoms with van der Waals surface area (Å²) in [6, 6.07) is 7.27. The summed E-state index contributed by atoms with van der Waals surface area (Å²) in [6.45, 7) is 6.23. The molecule has 8 heteroatoms. The van der Waals surface area contributed by atoms with Gasteiger partial charge in [0.2, 0.25) is 0 Å². The van der Waals surface area contributed by atoms with Gasteiger partial charge in [0.15, 0.2) is 0 Å². The van der Waals surface area contributed by atoms with Gasteiger partial charge in [0.25, 0.3) is 5.91 Å². The molecule has 0 radical (unpaired) electrons. The summed E-state index contributed by atoms with van der Waals surface area (Å²) in [4.78, 5) is 12.7. The van der Waals surface area contributed by atoms with Crippen LogP contribution in [0.1, 0.15) is 15.9 Å². The SMILES string of the molecule is Cc1ccc(C(=O)NP(=O)(N2CCOCC2)N2CCOCC2)cc1. The monoisotopic (exact) mass is 353 g/mol. The first-order valence-electron chi connectivity index (χ1n) is 8.25. The van der Waals surface area contributed by atoms with Crippen LogP contribution in [0.4, 0.5) is 0 Å². The van der Waals surface area contributed by atoms with Gasteiger partial charge in [-0.1, -0.05) is 17.7 Å².